The molecule has 1 heterocycles. The number of phenols is 2. The summed E-state index contributed by atoms with van der Waals surface area (Å²) in [6.45, 7) is 5.68. The predicted octanol–water partition coefficient (Wildman–Crippen LogP) is -0.801. The van der Waals surface area contributed by atoms with Crippen LogP contribution in [-0.2, 0) is 30.4 Å². The van der Waals surface area contributed by atoms with E-state index in [2.05, 4.69) is 33.2 Å². The summed E-state index contributed by atoms with van der Waals surface area (Å²) in [5.41, 5.74) is 2.14. The number of aromatic hydroxyl groups is 2. The number of likely N-dealkylation sites (N-methyl/N-ethyl adjacent to an activating group) is 2. The third-order valence-electron chi connectivity index (χ3n) is 7.52. The molecular weight excluding hydrogens is 584 g/mol. The molecule has 0 fully saturated rings. The molecule has 14 heteroatoms. The van der Waals surface area contributed by atoms with Crippen molar-refractivity contribution in [3.8, 4) is 22.6 Å². The van der Waals surface area contributed by atoms with Gasteiger partial charge in [-0.1, -0.05) is 24.3 Å². The van der Waals surface area contributed by atoms with Crippen LogP contribution in [0.1, 0.15) is 31.0 Å². The van der Waals surface area contributed by atoms with Gasteiger partial charge in [-0.25, -0.2) is 0 Å². The van der Waals surface area contributed by atoms with Gasteiger partial charge in [-0.2, -0.15) is 0 Å². The van der Waals surface area contributed by atoms with Crippen molar-refractivity contribution < 1.29 is 39.3 Å². The first kappa shape index (κ1) is 34.5. The molecule has 5 amide bonds. The van der Waals surface area contributed by atoms with E-state index in [4.69, 9.17) is 0 Å². The highest BCUT2D eigenvalue weighted by Gasteiger charge is 2.31. The average molecular weight is 625 g/mol. The zero-order valence-corrected chi connectivity index (χ0v) is 25.6. The van der Waals surface area contributed by atoms with Gasteiger partial charge >= 0.3 is 0 Å². The number of hydrogen-bond donors (Lipinski definition) is 8. The third-order valence-corrected chi connectivity index (χ3v) is 7.52. The topological polar surface area (TPSA) is 209 Å². The van der Waals surface area contributed by atoms with Crippen LogP contribution >= 0.6 is 0 Å². The Labute approximate surface area is 260 Å². The summed E-state index contributed by atoms with van der Waals surface area (Å²) in [7, 11) is 2.82. The van der Waals surface area contributed by atoms with Crippen molar-refractivity contribution in [1.82, 2.24) is 31.5 Å². The predicted molar refractivity (Wildman–Crippen MR) is 165 cm³/mol. The highest BCUT2D eigenvalue weighted by Crippen LogP contribution is 2.38. The molecule has 0 spiro atoms. The summed E-state index contributed by atoms with van der Waals surface area (Å²) in [6, 6.07) is 5.30. The second-order valence-corrected chi connectivity index (χ2v) is 10.9. The monoisotopic (exact) mass is 624 g/mol. The average Bonchev–Trinajstić information content (AvgIpc) is 3.00. The Hall–Kier alpha value is -4.95. The van der Waals surface area contributed by atoms with Gasteiger partial charge in [0.15, 0.2) is 0 Å². The Bertz CT molecular complexity index is 1470. The van der Waals surface area contributed by atoms with Crippen LogP contribution in [0.25, 0.3) is 11.1 Å². The van der Waals surface area contributed by atoms with Crippen molar-refractivity contribution in [2.24, 2.45) is 0 Å². The Kier molecular flexibility index (Phi) is 11.6. The lowest BCUT2D eigenvalue weighted by Gasteiger charge is -2.29. The number of amides is 5. The van der Waals surface area contributed by atoms with Crippen molar-refractivity contribution in [1.29, 1.82) is 0 Å². The number of aliphatic hydroxyl groups is 1. The summed E-state index contributed by atoms with van der Waals surface area (Å²) in [5.74, 6) is -3.49. The highest BCUT2D eigenvalue weighted by atomic mass is 16.3. The summed E-state index contributed by atoms with van der Waals surface area (Å²) in [6.07, 6.45) is 0.341. The Balaban J connectivity index is 1.92. The number of rotatable bonds is 9. The van der Waals surface area contributed by atoms with Crippen LogP contribution in [0.2, 0.25) is 0 Å². The number of carbonyl (C=O) groups is 5. The number of nitrogens with zero attached hydrogens (tertiary/aromatic N) is 1. The summed E-state index contributed by atoms with van der Waals surface area (Å²) < 4.78 is 0. The molecule has 0 aliphatic carbocycles. The van der Waals surface area contributed by atoms with Crippen LogP contribution in [-0.4, -0.2) is 102 Å². The molecular formula is C31H40N6O8. The number of fused-ring (bicyclic) bond motifs is 5. The molecule has 14 nitrogen and oxygen atoms in total. The molecule has 242 valence electrons. The molecule has 2 aromatic carbocycles. The number of aliphatic hydroxyl groups excluding tert-OH is 1. The van der Waals surface area contributed by atoms with Crippen LogP contribution < -0.4 is 26.6 Å². The minimum atomic E-state index is -1.31. The first-order valence-corrected chi connectivity index (χ1v) is 14.3. The molecule has 3 rings (SSSR count). The van der Waals surface area contributed by atoms with Crippen molar-refractivity contribution >= 4 is 29.5 Å². The fourth-order valence-electron chi connectivity index (χ4n) is 4.78. The van der Waals surface area contributed by atoms with E-state index >= 15 is 0 Å². The van der Waals surface area contributed by atoms with Crippen molar-refractivity contribution in [2.45, 2.75) is 44.4 Å². The molecule has 8 N–H and O–H groups in total. The van der Waals surface area contributed by atoms with E-state index in [-0.39, 0.29) is 28.2 Å². The second-order valence-electron chi connectivity index (χ2n) is 10.9. The number of nitrogens with one attached hydrogen (secondary N) is 5. The maximum absolute atomic E-state index is 13.5. The van der Waals surface area contributed by atoms with E-state index in [0.717, 1.165) is 10.5 Å². The molecule has 4 bridgehead atoms. The SMILES string of the molecule is C=C(C)[C@@H]1Cc2ccc(O)c(c2)-c2cc(ccc2O)C(N(C)C(=O)CNC(=O)[C@@H](C)NC(=O)[C@@H](CO)NC)C(=O)NCC(=O)N1. The number of hydrogen-bond acceptors (Lipinski definition) is 9. The molecule has 0 saturated carbocycles. The normalized spacial score (nSPS) is 17.9. The van der Waals surface area contributed by atoms with Crippen molar-refractivity contribution in [2.75, 3.05) is 33.8 Å². The number of phenolic OH excluding ortho intramolecular Hbond substituents is 2. The third kappa shape index (κ3) is 8.58. The van der Waals surface area contributed by atoms with Crippen LogP contribution in [0.5, 0.6) is 11.5 Å². The molecule has 0 aromatic heterocycles. The van der Waals surface area contributed by atoms with E-state index in [1.807, 2.05) is 0 Å². The Morgan fingerprint density at radius 1 is 1.07 bits per heavy atom. The smallest absolute Gasteiger partial charge is 0.247 e. The fourth-order valence-corrected chi connectivity index (χ4v) is 4.78. The molecule has 1 aliphatic rings. The quantitative estimate of drug-likeness (QED) is 0.164. The molecule has 45 heavy (non-hydrogen) atoms. The first-order chi connectivity index (χ1) is 21.3. The lowest BCUT2D eigenvalue weighted by atomic mass is 9.93. The van der Waals surface area contributed by atoms with Gasteiger partial charge in [-0.3, -0.25) is 24.0 Å². The molecule has 4 atom stereocenters. The van der Waals surface area contributed by atoms with E-state index < -0.39 is 73.4 Å². The van der Waals surface area contributed by atoms with Gasteiger partial charge < -0.3 is 46.8 Å². The highest BCUT2D eigenvalue weighted by molar-refractivity contribution is 5.94. The molecule has 0 saturated heterocycles. The standard InChI is InChI=1S/C31H40N6O8/c1-16(2)22-11-18-6-8-24(39)20(10-18)21-12-19(7-9-25(21)40)28(31(45)33-13-26(41)36-22)37(5)27(42)14-34-29(43)17(3)35-30(44)23(15-38)32-4/h6-10,12,17,22-23,28,32,38-40H,1,11,13-15H2,2-5H3,(H,33,45)(H,34,43)(H,35,44)(H,36,41)/t17-,22+,23-,28?/m1/s1. The van der Waals surface area contributed by atoms with Crippen molar-refractivity contribution in [3.05, 3.63) is 59.7 Å². The Morgan fingerprint density at radius 3 is 2.33 bits per heavy atom. The van der Waals surface area contributed by atoms with E-state index in [9.17, 15) is 39.3 Å². The summed E-state index contributed by atoms with van der Waals surface area (Å²) in [4.78, 5) is 65.5. The zero-order valence-electron chi connectivity index (χ0n) is 25.6. The van der Waals surface area contributed by atoms with Crippen LogP contribution in [0.15, 0.2) is 48.6 Å². The summed E-state index contributed by atoms with van der Waals surface area (Å²) >= 11 is 0. The molecule has 1 aliphatic heterocycles. The van der Waals surface area contributed by atoms with Gasteiger partial charge in [0.25, 0.3) is 0 Å². The molecule has 1 unspecified atom stereocenters. The molecule has 2 aromatic rings. The molecule has 0 radical (unpaired) electrons. The lowest BCUT2D eigenvalue weighted by Crippen LogP contribution is -2.53. The largest absolute Gasteiger partial charge is 0.507 e. The van der Waals surface area contributed by atoms with Gasteiger partial charge in [0.05, 0.1) is 25.7 Å². The number of benzene rings is 2. The van der Waals surface area contributed by atoms with Gasteiger partial charge in [0.2, 0.25) is 29.5 Å². The fraction of sp³-hybridized carbons (Fsp3) is 0.387. The van der Waals surface area contributed by atoms with Gasteiger partial charge in [0.1, 0.15) is 29.6 Å². The van der Waals surface area contributed by atoms with Crippen LogP contribution in [0.4, 0.5) is 0 Å². The summed E-state index contributed by atoms with van der Waals surface area (Å²) in [5, 5.41) is 43.6. The second kappa shape index (κ2) is 15.2. The van der Waals surface area contributed by atoms with Crippen LogP contribution in [0, 0.1) is 0 Å². The lowest BCUT2D eigenvalue weighted by molar-refractivity contribution is -0.140. The van der Waals surface area contributed by atoms with Crippen molar-refractivity contribution in [3.63, 3.8) is 0 Å². The minimum Gasteiger partial charge on any atom is -0.507 e. The maximum Gasteiger partial charge on any atom is 0.247 e. The van der Waals surface area contributed by atoms with E-state index in [1.165, 1.54) is 45.3 Å². The first-order valence-electron chi connectivity index (χ1n) is 14.3. The minimum absolute atomic E-state index is 0.136. The number of carbonyl (C=O) groups excluding carboxylic acids is 5. The van der Waals surface area contributed by atoms with E-state index in [0.29, 0.717) is 12.0 Å². The van der Waals surface area contributed by atoms with Gasteiger partial charge in [-0.05, 0) is 62.7 Å². The van der Waals surface area contributed by atoms with Gasteiger partial charge in [-0.15, -0.1) is 0 Å². The maximum atomic E-state index is 13.5. The van der Waals surface area contributed by atoms with E-state index in [1.54, 1.807) is 19.1 Å². The van der Waals surface area contributed by atoms with Gasteiger partial charge in [0, 0.05) is 18.2 Å². The van der Waals surface area contributed by atoms with Crippen LogP contribution in [0.3, 0.4) is 0 Å². The zero-order chi connectivity index (χ0) is 33.4. The Morgan fingerprint density at radius 2 is 1.71 bits per heavy atom.